The van der Waals surface area contributed by atoms with Crippen LogP contribution in [0.4, 0.5) is 5.69 Å². The van der Waals surface area contributed by atoms with E-state index in [4.69, 9.17) is 5.84 Å². The molecule has 2 N–H and O–H groups in total. The van der Waals surface area contributed by atoms with Gasteiger partial charge in [0.05, 0.1) is 10.6 Å². The number of carbonyl (C=O) groups excluding carboxylic acids is 1. The first-order chi connectivity index (χ1) is 13.4. The Balaban J connectivity index is 1.50. The molecule has 4 rings (SSSR count). The van der Waals surface area contributed by atoms with Crippen LogP contribution >= 0.6 is 23.1 Å². The average molecular weight is 412 g/mol. The van der Waals surface area contributed by atoms with Crippen LogP contribution in [0.2, 0.25) is 0 Å². The van der Waals surface area contributed by atoms with E-state index in [9.17, 15) is 4.79 Å². The second kappa shape index (κ2) is 7.10. The van der Waals surface area contributed by atoms with Gasteiger partial charge < -0.3 is 10.7 Å². The summed E-state index contributed by atoms with van der Waals surface area (Å²) in [6.07, 6.45) is 1.74. The number of hydrogen-bond acceptors (Lipinski definition) is 7. The van der Waals surface area contributed by atoms with Crippen molar-refractivity contribution in [2.75, 3.05) is 23.5 Å². The van der Waals surface area contributed by atoms with Gasteiger partial charge in [-0.3, -0.25) is 4.79 Å². The first-order valence-electron chi connectivity index (χ1n) is 8.85. The summed E-state index contributed by atoms with van der Waals surface area (Å²) in [6, 6.07) is 12.1. The quantitative estimate of drug-likeness (QED) is 0.392. The van der Waals surface area contributed by atoms with Gasteiger partial charge >= 0.3 is 0 Å². The number of ketones is 1. The molecule has 0 saturated carbocycles. The minimum Gasteiger partial charge on any atom is -0.347 e. The Kier molecular flexibility index (Phi) is 4.76. The van der Waals surface area contributed by atoms with Crippen LogP contribution in [-0.4, -0.2) is 33.5 Å². The predicted octanol–water partition coefficient (Wildman–Crippen LogP) is 3.69. The van der Waals surface area contributed by atoms with Gasteiger partial charge in [-0.25, -0.2) is 4.68 Å². The van der Waals surface area contributed by atoms with Gasteiger partial charge in [-0.2, -0.15) is 0 Å². The van der Waals surface area contributed by atoms with Crippen molar-refractivity contribution < 1.29 is 4.79 Å². The van der Waals surface area contributed by atoms with Crippen LogP contribution in [0.5, 0.6) is 0 Å². The lowest BCUT2D eigenvalue weighted by Gasteiger charge is -2.23. The SMILES string of the molecule is CN1C(=CC(=O)CSc2nnc(-c3cccs3)n2N)C(C)(C)c2ccccc21. The number of nitrogen functional groups attached to an aromatic ring is 1. The van der Waals surface area contributed by atoms with Crippen molar-refractivity contribution in [1.29, 1.82) is 0 Å². The monoisotopic (exact) mass is 411 g/mol. The third-order valence-electron chi connectivity index (χ3n) is 4.99. The van der Waals surface area contributed by atoms with Gasteiger partial charge in [-0.1, -0.05) is 49.9 Å². The van der Waals surface area contributed by atoms with E-state index in [1.54, 1.807) is 17.4 Å². The molecular weight excluding hydrogens is 390 g/mol. The summed E-state index contributed by atoms with van der Waals surface area (Å²) >= 11 is 2.85. The lowest BCUT2D eigenvalue weighted by atomic mass is 9.83. The molecule has 0 radical (unpaired) electrons. The Morgan fingerprint density at radius 3 is 2.75 bits per heavy atom. The van der Waals surface area contributed by atoms with Gasteiger partial charge in [-0.05, 0) is 23.1 Å². The Bertz CT molecular complexity index is 1050. The van der Waals surface area contributed by atoms with Gasteiger partial charge in [0.1, 0.15) is 0 Å². The van der Waals surface area contributed by atoms with E-state index < -0.39 is 0 Å². The molecule has 2 aromatic heterocycles. The lowest BCUT2D eigenvalue weighted by Crippen LogP contribution is -2.24. The zero-order valence-electron chi connectivity index (χ0n) is 15.9. The molecule has 0 amide bonds. The van der Waals surface area contributed by atoms with Crippen molar-refractivity contribution in [1.82, 2.24) is 14.9 Å². The fraction of sp³-hybridized carbons (Fsp3) is 0.250. The fourth-order valence-corrected chi connectivity index (χ4v) is 4.92. The number of fused-ring (bicyclic) bond motifs is 1. The largest absolute Gasteiger partial charge is 0.347 e. The van der Waals surface area contributed by atoms with Gasteiger partial charge in [0.25, 0.3) is 0 Å². The smallest absolute Gasteiger partial charge is 0.210 e. The molecule has 1 aromatic carbocycles. The first-order valence-corrected chi connectivity index (χ1v) is 10.7. The summed E-state index contributed by atoms with van der Waals surface area (Å²) < 4.78 is 1.44. The molecule has 144 valence electrons. The summed E-state index contributed by atoms with van der Waals surface area (Å²) in [5.41, 5.74) is 3.15. The summed E-state index contributed by atoms with van der Waals surface area (Å²) in [6.45, 7) is 4.29. The first kappa shape index (κ1) is 18.8. The highest BCUT2D eigenvalue weighted by molar-refractivity contribution is 7.99. The summed E-state index contributed by atoms with van der Waals surface area (Å²) in [5, 5.41) is 10.8. The van der Waals surface area contributed by atoms with E-state index >= 15 is 0 Å². The topological polar surface area (TPSA) is 77.0 Å². The number of aromatic nitrogens is 3. The number of thioether (sulfide) groups is 1. The van der Waals surface area contributed by atoms with Crippen LogP contribution in [0.25, 0.3) is 10.7 Å². The van der Waals surface area contributed by atoms with Crippen LogP contribution < -0.4 is 10.7 Å². The van der Waals surface area contributed by atoms with E-state index in [0.29, 0.717) is 11.0 Å². The third-order valence-corrected chi connectivity index (χ3v) is 6.82. The molecule has 1 aliphatic rings. The predicted molar refractivity (Wildman–Crippen MR) is 115 cm³/mol. The van der Waals surface area contributed by atoms with Crippen LogP contribution in [0.15, 0.2) is 58.7 Å². The normalized spacial score (nSPS) is 16.5. The number of nitrogens with zero attached hydrogens (tertiary/aromatic N) is 4. The van der Waals surface area contributed by atoms with E-state index in [-0.39, 0.29) is 17.0 Å². The molecule has 0 bridgehead atoms. The highest BCUT2D eigenvalue weighted by atomic mass is 32.2. The standard InChI is InChI=1S/C20H21N5OS2/c1-20(2)14-7-4-5-8-15(14)24(3)17(20)11-13(26)12-28-19-23-22-18(25(19)21)16-9-6-10-27-16/h4-11H,12,21H2,1-3H3. The molecule has 0 atom stereocenters. The molecule has 0 unspecified atom stereocenters. The molecule has 0 fully saturated rings. The Morgan fingerprint density at radius 2 is 2.04 bits per heavy atom. The van der Waals surface area contributed by atoms with Crippen molar-refractivity contribution in [2.45, 2.75) is 24.4 Å². The highest BCUT2D eigenvalue weighted by Gasteiger charge is 2.38. The number of benzene rings is 1. The van der Waals surface area contributed by atoms with Crippen LogP contribution in [0.1, 0.15) is 19.4 Å². The number of allylic oxidation sites excluding steroid dienone is 2. The van der Waals surface area contributed by atoms with Crippen molar-refractivity contribution >= 4 is 34.6 Å². The number of anilines is 1. The maximum Gasteiger partial charge on any atom is 0.210 e. The van der Waals surface area contributed by atoms with Crippen molar-refractivity contribution in [2.24, 2.45) is 0 Å². The maximum atomic E-state index is 12.7. The highest BCUT2D eigenvalue weighted by Crippen LogP contribution is 2.46. The van der Waals surface area contributed by atoms with E-state index in [1.807, 2.05) is 36.7 Å². The van der Waals surface area contributed by atoms with Gasteiger partial charge in [0.2, 0.25) is 5.16 Å². The van der Waals surface area contributed by atoms with Crippen LogP contribution in [0.3, 0.4) is 0 Å². The number of carbonyl (C=O) groups is 1. The Labute approximate surface area is 172 Å². The van der Waals surface area contributed by atoms with E-state index in [2.05, 4.69) is 41.1 Å². The van der Waals surface area contributed by atoms with Gasteiger partial charge in [0.15, 0.2) is 11.6 Å². The molecular formula is C20H21N5OS2. The van der Waals surface area contributed by atoms with Gasteiger partial charge in [-0.15, -0.1) is 21.5 Å². The second-order valence-corrected chi connectivity index (χ2v) is 9.03. The van der Waals surface area contributed by atoms with Gasteiger partial charge in [0, 0.05) is 29.9 Å². The summed E-state index contributed by atoms with van der Waals surface area (Å²) in [7, 11) is 2.00. The Morgan fingerprint density at radius 1 is 1.25 bits per heavy atom. The fourth-order valence-electron chi connectivity index (χ4n) is 3.54. The number of likely N-dealkylation sites (N-methyl/N-ethyl adjacent to an activating group) is 1. The lowest BCUT2D eigenvalue weighted by molar-refractivity contribution is -0.112. The number of para-hydroxylation sites is 1. The minimum atomic E-state index is -0.216. The number of rotatable bonds is 5. The Hall–Kier alpha value is -2.58. The van der Waals surface area contributed by atoms with Crippen molar-refractivity contribution in [3.8, 4) is 10.7 Å². The molecule has 1 aliphatic heterocycles. The average Bonchev–Trinajstić information content (AvgIpc) is 3.37. The van der Waals surface area contributed by atoms with Crippen molar-refractivity contribution in [3.05, 3.63) is 59.1 Å². The third kappa shape index (κ3) is 3.12. The second-order valence-electron chi connectivity index (χ2n) is 7.14. The molecule has 3 aromatic rings. The van der Waals surface area contributed by atoms with E-state index in [1.165, 1.54) is 22.0 Å². The minimum absolute atomic E-state index is 0.0217. The molecule has 0 saturated heterocycles. The molecule has 6 nitrogen and oxygen atoms in total. The van der Waals surface area contributed by atoms with Crippen molar-refractivity contribution in [3.63, 3.8) is 0 Å². The maximum absolute atomic E-state index is 12.7. The molecule has 28 heavy (non-hydrogen) atoms. The van der Waals surface area contributed by atoms with Crippen LogP contribution in [-0.2, 0) is 10.2 Å². The molecule has 3 heterocycles. The molecule has 0 spiro atoms. The zero-order chi connectivity index (χ0) is 19.9. The summed E-state index contributed by atoms with van der Waals surface area (Å²) in [4.78, 5) is 15.7. The summed E-state index contributed by atoms with van der Waals surface area (Å²) in [5.74, 6) is 6.99. The zero-order valence-corrected chi connectivity index (χ0v) is 17.5. The number of thiophene rings is 1. The number of hydrogen-bond donors (Lipinski definition) is 1. The number of nitrogens with two attached hydrogens (primary N) is 1. The van der Waals surface area contributed by atoms with Crippen LogP contribution in [0, 0.1) is 0 Å². The molecule has 8 heteroatoms. The van der Waals surface area contributed by atoms with E-state index in [0.717, 1.165) is 16.3 Å². The molecule has 0 aliphatic carbocycles.